The summed E-state index contributed by atoms with van der Waals surface area (Å²) in [5.74, 6) is -3.01. The van der Waals surface area contributed by atoms with Gasteiger partial charge in [-0.2, -0.15) is 13.2 Å². The summed E-state index contributed by atoms with van der Waals surface area (Å²) in [5, 5.41) is 0. The van der Waals surface area contributed by atoms with Crippen molar-refractivity contribution in [3.05, 3.63) is 59.7 Å². The van der Waals surface area contributed by atoms with Gasteiger partial charge in [0.25, 0.3) is 15.9 Å². The van der Waals surface area contributed by atoms with Crippen LogP contribution < -0.4 is 4.90 Å². The Balaban J connectivity index is 1.37. The topological polar surface area (TPSA) is 101 Å². The fourth-order valence-electron chi connectivity index (χ4n) is 3.76. The normalized spacial score (nSPS) is 19.7. The minimum atomic E-state index is -4.58. The Kier molecular flexibility index (Phi) is 5.64. The molecular formula is C21H17F3N2O6S. The minimum absolute atomic E-state index is 0.0108. The van der Waals surface area contributed by atoms with Gasteiger partial charge in [0, 0.05) is 18.7 Å². The van der Waals surface area contributed by atoms with Crippen LogP contribution in [-0.2, 0) is 30.5 Å². The van der Waals surface area contributed by atoms with Crippen LogP contribution in [0.3, 0.4) is 0 Å². The molecule has 12 heteroatoms. The van der Waals surface area contributed by atoms with Crippen molar-refractivity contribution in [3.8, 4) is 0 Å². The Hall–Kier alpha value is -3.41. The molecule has 2 amide bonds. The van der Waals surface area contributed by atoms with E-state index in [1.165, 1.54) is 36.4 Å². The van der Waals surface area contributed by atoms with Gasteiger partial charge in [-0.25, -0.2) is 12.7 Å². The van der Waals surface area contributed by atoms with Crippen LogP contribution in [0, 0.1) is 5.92 Å². The molecule has 0 bridgehead atoms. The van der Waals surface area contributed by atoms with E-state index in [9.17, 15) is 36.0 Å². The highest BCUT2D eigenvalue weighted by atomic mass is 32.2. The third-order valence-electron chi connectivity index (χ3n) is 5.39. The van der Waals surface area contributed by atoms with E-state index >= 15 is 0 Å². The number of hydrogen-bond donors (Lipinski definition) is 0. The van der Waals surface area contributed by atoms with Gasteiger partial charge in [0.05, 0.1) is 23.6 Å². The molecule has 0 aromatic heterocycles. The zero-order chi connectivity index (χ0) is 24.0. The molecule has 0 unspecified atom stereocenters. The summed E-state index contributed by atoms with van der Waals surface area (Å²) in [7, 11) is -4.04. The van der Waals surface area contributed by atoms with Gasteiger partial charge in [0.2, 0.25) is 5.91 Å². The van der Waals surface area contributed by atoms with Crippen molar-refractivity contribution in [2.75, 3.05) is 24.6 Å². The lowest BCUT2D eigenvalue weighted by Crippen LogP contribution is -2.34. The summed E-state index contributed by atoms with van der Waals surface area (Å²) < 4.78 is 69.5. The largest absolute Gasteiger partial charge is 0.463 e. The lowest BCUT2D eigenvalue weighted by atomic mass is 10.1. The lowest BCUT2D eigenvalue weighted by Gasteiger charge is -2.18. The molecule has 0 spiro atoms. The first-order chi connectivity index (χ1) is 15.5. The maximum atomic E-state index is 12.9. The molecule has 2 aromatic rings. The first kappa shape index (κ1) is 22.8. The minimum Gasteiger partial charge on any atom is -0.463 e. The zero-order valence-electron chi connectivity index (χ0n) is 16.9. The van der Waals surface area contributed by atoms with Gasteiger partial charge >= 0.3 is 12.1 Å². The maximum absolute atomic E-state index is 12.9. The molecule has 0 radical (unpaired) electrons. The van der Waals surface area contributed by atoms with Gasteiger partial charge < -0.3 is 9.64 Å². The molecule has 2 aliphatic heterocycles. The van der Waals surface area contributed by atoms with Crippen LogP contribution in [0.1, 0.15) is 22.3 Å². The number of hydrogen-bond acceptors (Lipinski definition) is 6. The number of rotatable bonds is 5. The SMILES string of the molecule is O=C(OCCN1C(=O)c2ccccc2S1(=O)=O)[C@H]1CC(=O)N(c2cccc(C(F)(F)F)c2)C1. The van der Waals surface area contributed by atoms with E-state index < -0.39 is 58.6 Å². The van der Waals surface area contributed by atoms with E-state index in [0.717, 1.165) is 17.0 Å². The number of nitrogens with zero attached hydrogens (tertiary/aromatic N) is 2. The number of sulfonamides is 1. The van der Waals surface area contributed by atoms with E-state index in [4.69, 9.17) is 4.74 Å². The van der Waals surface area contributed by atoms with E-state index in [-0.39, 0.29) is 29.1 Å². The van der Waals surface area contributed by atoms with Crippen LogP contribution in [0.5, 0.6) is 0 Å². The Bertz CT molecular complexity index is 1240. The predicted molar refractivity (Wildman–Crippen MR) is 108 cm³/mol. The third-order valence-corrected chi connectivity index (χ3v) is 7.23. The number of fused-ring (bicyclic) bond motifs is 1. The lowest BCUT2D eigenvalue weighted by molar-refractivity contribution is -0.148. The Morgan fingerprint density at radius 2 is 1.82 bits per heavy atom. The molecule has 4 rings (SSSR count). The average molecular weight is 482 g/mol. The van der Waals surface area contributed by atoms with E-state index in [2.05, 4.69) is 0 Å². The number of anilines is 1. The summed E-state index contributed by atoms with van der Waals surface area (Å²) in [6.45, 7) is -1.00. The molecule has 8 nitrogen and oxygen atoms in total. The molecule has 174 valence electrons. The quantitative estimate of drug-likeness (QED) is 0.607. The number of benzene rings is 2. The second-order valence-corrected chi connectivity index (χ2v) is 9.33. The number of carbonyl (C=O) groups excluding carboxylic acids is 3. The second kappa shape index (κ2) is 8.18. The molecule has 1 atom stereocenters. The number of halogens is 3. The molecule has 0 saturated carbocycles. The van der Waals surface area contributed by atoms with Crippen molar-refractivity contribution >= 4 is 33.5 Å². The Morgan fingerprint density at radius 3 is 2.52 bits per heavy atom. The van der Waals surface area contributed by atoms with Crippen LogP contribution in [0.2, 0.25) is 0 Å². The first-order valence-corrected chi connectivity index (χ1v) is 11.2. The molecule has 2 aromatic carbocycles. The first-order valence-electron chi connectivity index (χ1n) is 9.80. The molecule has 33 heavy (non-hydrogen) atoms. The summed E-state index contributed by atoms with van der Waals surface area (Å²) in [4.78, 5) is 38.0. The average Bonchev–Trinajstić information content (AvgIpc) is 3.25. The van der Waals surface area contributed by atoms with E-state index in [1.54, 1.807) is 0 Å². The molecular weight excluding hydrogens is 465 g/mol. The smallest absolute Gasteiger partial charge is 0.416 e. The van der Waals surface area contributed by atoms with Gasteiger partial charge in [-0.05, 0) is 30.3 Å². The maximum Gasteiger partial charge on any atom is 0.416 e. The number of carbonyl (C=O) groups is 3. The van der Waals surface area contributed by atoms with Crippen molar-refractivity contribution in [2.45, 2.75) is 17.5 Å². The fraction of sp³-hybridized carbons (Fsp3) is 0.286. The molecule has 0 aliphatic carbocycles. The van der Waals surface area contributed by atoms with Crippen molar-refractivity contribution in [1.29, 1.82) is 0 Å². The van der Waals surface area contributed by atoms with Gasteiger partial charge in [-0.1, -0.05) is 18.2 Å². The van der Waals surface area contributed by atoms with Gasteiger partial charge in [0.15, 0.2) is 0 Å². The molecule has 1 fully saturated rings. The molecule has 2 heterocycles. The summed E-state index contributed by atoms with van der Waals surface area (Å²) in [6, 6.07) is 9.91. The molecule has 1 saturated heterocycles. The van der Waals surface area contributed by atoms with Crippen molar-refractivity contribution < 1.29 is 40.7 Å². The Morgan fingerprint density at radius 1 is 1.09 bits per heavy atom. The standard InChI is InChI=1S/C21H17F3N2O6S/c22-21(23,24)14-4-3-5-15(11-14)25-12-13(10-18(25)27)20(29)32-9-8-26-19(28)16-6-1-2-7-17(16)33(26,30)31/h1-7,11,13H,8-10,12H2/t13-/m0/s1. The van der Waals surface area contributed by atoms with Crippen LogP contribution in [-0.4, -0.2) is 50.2 Å². The van der Waals surface area contributed by atoms with Crippen molar-refractivity contribution in [2.24, 2.45) is 5.92 Å². The van der Waals surface area contributed by atoms with Crippen molar-refractivity contribution in [1.82, 2.24) is 4.31 Å². The predicted octanol–water partition coefficient (Wildman–Crippen LogP) is 2.45. The highest BCUT2D eigenvalue weighted by molar-refractivity contribution is 7.90. The monoisotopic (exact) mass is 482 g/mol. The van der Waals surface area contributed by atoms with Crippen LogP contribution >= 0.6 is 0 Å². The molecule has 2 aliphatic rings. The number of alkyl halides is 3. The third kappa shape index (κ3) is 4.17. The number of amides is 2. The highest BCUT2D eigenvalue weighted by Gasteiger charge is 2.41. The zero-order valence-corrected chi connectivity index (χ0v) is 17.7. The van der Waals surface area contributed by atoms with Gasteiger partial charge in [-0.3, -0.25) is 14.4 Å². The van der Waals surface area contributed by atoms with E-state index in [0.29, 0.717) is 4.31 Å². The van der Waals surface area contributed by atoms with Crippen molar-refractivity contribution in [3.63, 3.8) is 0 Å². The number of esters is 1. The van der Waals surface area contributed by atoms with Gasteiger partial charge in [0.1, 0.15) is 11.5 Å². The summed E-state index contributed by atoms with van der Waals surface area (Å²) in [6.07, 6.45) is -4.84. The van der Waals surface area contributed by atoms with Gasteiger partial charge in [-0.15, -0.1) is 0 Å². The van der Waals surface area contributed by atoms with Crippen LogP contribution in [0.15, 0.2) is 53.4 Å². The van der Waals surface area contributed by atoms with Crippen LogP contribution in [0.4, 0.5) is 18.9 Å². The highest BCUT2D eigenvalue weighted by Crippen LogP contribution is 2.34. The fourth-order valence-corrected chi connectivity index (χ4v) is 5.32. The Labute approximate surface area is 186 Å². The van der Waals surface area contributed by atoms with Crippen LogP contribution in [0.25, 0.3) is 0 Å². The summed E-state index contributed by atoms with van der Waals surface area (Å²) >= 11 is 0. The second-order valence-electron chi connectivity index (χ2n) is 7.50. The van der Waals surface area contributed by atoms with E-state index in [1.807, 2.05) is 0 Å². The number of ether oxygens (including phenoxy) is 1. The summed E-state index contributed by atoms with van der Waals surface area (Å²) in [5.41, 5.74) is -0.880. The molecule has 0 N–H and O–H groups in total.